The van der Waals surface area contributed by atoms with Crippen molar-refractivity contribution in [3.8, 4) is 11.5 Å². The number of carbonyl (C=O) groups excluding carboxylic acids is 1. The SMILES string of the molecule is CC(C(C/C=C/c1nc2ccccc2o1)c1ccc2c(c1)OCO2)N(Cc1ccc2ccccc2c1)C(=O)C[C@H](CC(=O)O)C(=O)O. The fourth-order valence-electron chi connectivity index (χ4n) is 6.03. The van der Waals surface area contributed by atoms with Crippen molar-refractivity contribution in [3.63, 3.8) is 0 Å². The number of fused-ring (bicyclic) bond motifs is 3. The number of aromatic nitrogens is 1. The molecule has 6 rings (SSSR count). The zero-order valence-corrected chi connectivity index (χ0v) is 25.7. The number of carboxylic acids is 2. The summed E-state index contributed by atoms with van der Waals surface area (Å²) in [6.45, 7) is 2.23. The number of allylic oxidation sites excluding steroid dienone is 1. The third-order valence-electron chi connectivity index (χ3n) is 8.54. The zero-order valence-electron chi connectivity index (χ0n) is 25.7. The van der Waals surface area contributed by atoms with Crippen molar-refractivity contribution in [2.45, 2.75) is 44.7 Å². The molecule has 1 aliphatic heterocycles. The van der Waals surface area contributed by atoms with Crippen molar-refractivity contribution in [1.29, 1.82) is 0 Å². The van der Waals surface area contributed by atoms with Crippen molar-refractivity contribution >= 4 is 45.8 Å². The highest BCUT2D eigenvalue weighted by Crippen LogP contribution is 2.38. The van der Waals surface area contributed by atoms with Gasteiger partial charge in [-0.15, -0.1) is 0 Å². The number of hydrogen-bond acceptors (Lipinski definition) is 7. The summed E-state index contributed by atoms with van der Waals surface area (Å²) in [6.07, 6.45) is 3.11. The van der Waals surface area contributed by atoms with E-state index in [0.29, 0.717) is 29.4 Å². The molecule has 2 heterocycles. The molecule has 0 aliphatic carbocycles. The van der Waals surface area contributed by atoms with Crippen molar-refractivity contribution in [2.75, 3.05) is 6.79 Å². The molecule has 1 amide bonds. The Kier molecular flexibility index (Phi) is 9.19. The summed E-state index contributed by atoms with van der Waals surface area (Å²) in [5.74, 6) is -3.02. The molecule has 4 aromatic carbocycles. The van der Waals surface area contributed by atoms with E-state index in [0.717, 1.165) is 27.4 Å². The van der Waals surface area contributed by atoms with Gasteiger partial charge in [-0.05, 0) is 71.7 Å². The third-order valence-corrected chi connectivity index (χ3v) is 8.54. The number of amides is 1. The van der Waals surface area contributed by atoms with E-state index in [-0.39, 0.29) is 19.3 Å². The van der Waals surface area contributed by atoms with E-state index in [1.54, 1.807) is 11.0 Å². The molecule has 0 bridgehead atoms. The fraction of sp³-hybridized carbons (Fsp3) is 0.243. The van der Waals surface area contributed by atoms with Gasteiger partial charge in [-0.2, -0.15) is 0 Å². The minimum Gasteiger partial charge on any atom is -0.481 e. The van der Waals surface area contributed by atoms with E-state index in [1.807, 2.05) is 97.9 Å². The standard InChI is InChI=1S/C37H34N2O8/c1-23(39(35(40)19-28(37(43)44)20-36(41)42)21-24-13-14-25-7-2-3-8-26(25)17-24)29(27-15-16-32-33(18-27)46-22-45-32)9-6-12-34-38-30-10-4-5-11-31(30)47-34/h2-8,10-18,23,28-29H,9,19-22H2,1H3,(H,41,42)(H,43,44)/b12-6+/t23?,28-,29?/m1/s1. The monoisotopic (exact) mass is 634 g/mol. The molecule has 0 fully saturated rings. The summed E-state index contributed by atoms with van der Waals surface area (Å²) in [4.78, 5) is 43.7. The number of aliphatic carboxylic acids is 2. The second-order valence-corrected chi connectivity index (χ2v) is 11.7. The van der Waals surface area contributed by atoms with Gasteiger partial charge in [0.15, 0.2) is 17.1 Å². The first-order chi connectivity index (χ1) is 22.7. The largest absolute Gasteiger partial charge is 0.481 e. The summed E-state index contributed by atoms with van der Waals surface area (Å²) in [5, 5.41) is 21.2. The van der Waals surface area contributed by atoms with Gasteiger partial charge in [-0.25, -0.2) is 4.98 Å². The highest BCUT2D eigenvalue weighted by atomic mass is 16.7. The summed E-state index contributed by atoms with van der Waals surface area (Å²) < 4.78 is 17.1. The first-order valence-corrected chi connectivity index (χ1v) is 15.4. The molecule has 10 heteroatoms. The summed E-state index contributed by atoms with van der Waals surface area (Å²) in [7, 11) is 0. The molecule has 3 atom stereocenters. The van der Waals surface area contributed by atoms with Crippen LogP contribution in [-0.2, 0) is 20.9 Å². The summed E-state index contributed by atoms with van der Waals surface area (Å²) in [6, 6.07) is 26.6. The Balaban J connectivity index is 1.35. The summed E-state index contributed by atoms with van der Waals surface area (Å²) >= 11 is 0. The maximum Gasteiger partial charge on any atom is 0.307 e. The van der Waals surface area contributed by atoms with Gasteiger partial charge in [0, 0.05) is 24.9 Å². The summed E-state index contributed by atoms with van der Waals surface area (Å²) in [5.41, 5.74) is 3.17. The number of nitrogens with zero attached hydrogens (tertiary/aromatic N) is 2. The van der Waals surface area contributed by atoms with Crippen LogP contribution in [0.3, 0.4) is 0 Å². The van der Waals surface area contributed by atoms with Gasteiger partial charge in [-0.3, -0.25) is 14.4 Å². The second-order valence-electron chi connectivity index (χ2n) is 11.7. The minimum absolute atomic E-state index is 0.114. The van der Waals surface area contributed by atoms with Crippen LogP contribution in [0, 0.1) is 5.92 Å². The Morgan fingerprint density at radius 2 is 1.66 bits per heavy atom. The third kappa shape index (κ3) is 7.27. The van der Waals surface area contributed by atoms with Gasteiger partial charge < -0.3 is 29.0 Å². The molecule has 240 valence electrons. The number of rotatable bonds is 13. The van der Waals surface area contributed by atoms with Crippen LogP contribution < -0.4 is 9.47 Å². The topological polar surface area (TPSA) is 139 Å². The van der Waals surface area contributed by atoms with Crippen LogP contribution in [0.25, 0.3) is 27.9 Å². The molecule has 2 N–H and O–H groups in total. The molecule has 47 heavy (non-hydrogen) atoms. The maximum atomic E-state index is 14.0. The number of ether oxygens (including phenoxy) is 2. The Bertz CT molecular complexity index is 1930. The average Bonchev–Trinajstić information content (AvgIpc) is 3.71. The van der Waals surface area contributed by atoms with E-state index >= 15 is 0 Å². The molecule has 0 saturated heterocycles. The number of para-hydroxylation sites is 2. The molecule has 0 spiro atoms. The first-order valence-electron chi connectivity index (χ1n) is 15.4. The zero-order chi connectivity index (χ0) is 32.9. The van der Waals surface area contributed by atoms with E-state index in [4.69, 9.17) is 13.9 Å². The lowest BCUT2D eigenvalue weighted by Gasteiger charge is -2.36. The minimum atomic E-state index is -1.37. The molecule has 10 nitrogen and oxygen atoms in total. The smallest absolute Gasteiger partial charge is 0.307 e. The van der Waals surface area contributed by atoms with Crippen LogP contribution in [0.2, 0.25) is 0 Å². The van der Waals surface area contributed by atoms with Gasteiger partial charge in [0.05, 0.1) is 12.3 Å². The number of hydrogen-bond donors (Lipinski definition) is 2. The Labute approximate surface area is 270 Å². The number of oxazole rings is 1. The lowest BCUT2D eigenvalue weighted by molar-refractivity contribution is -0.151. The molecule has 0 radical (unpaired) electrons. The van der Waals surface area contributed by atoms with Crippen molar-refractivity contribution in [1.82, 2.24) is 9.88 Å². The number of carbonyl (C=O) groups is 3. The quantitative estimate of drug-likeness (QED) is 0.142. The van der Waals surface area contributed by atoms with Crippen molar-refractivity contribution in [2.24, 2.45) is 5.92 Å². The lowest BCUT2D eigenvalue weighted by Crippen LogP contribution is -2.43. The van der Waals surface area contributed by atoms with Gasteiger partial charge in [0.2, 0.25) is 18.6 Å². The van der Waals surface area contributed by atoms with Crippen molar-refractivity contribution < 1.29 is 38.5 Å². The number of carboxylic acid groups (broad SMARTS) is 2. The van der Waals surface area contributed by atoms with Gasteiger partial charge in [-0.1, -0.05) is 60.7 Å². The Morgan fingerprint density at radius 3 is 2.45 bits per heavy atom. The van der Waals surface area contributed by atoms with Gasteiger partial charge in [0.25, 0.3) is 0 Å². The van der Waals surface area contributed by atoms with Gasteiger partial charge >= 0.3 is 11.9 Å². The lowest BCUT2D eigenvalue weighted by atomic mass is 9.87. The molecular weight excluding hydrogens is 600 g/mol. The fourth-order valence-corrected chi connectivity index (χ4v) is 6.03. The average molecular weight is 635 g/mol. The maximum absolute atomic E-state index is 14.0. The molecule has 0 saturated carbocycles. The number of benzene rings is 4. The molecule has 5 aromatic rings. The Hall–Kier alpha value is -5.64. The predicted molar refractivity (Wildman–Crippen MR) is 175 cm³/mol. The normalized spacial score (nSPS) is 14.3. The van der Waals surface area contributed by atoms with Crippen molar-refractivity contribution in [3.05, 3.63) is 108 Å². The predicted octanol–water partition coefficient (Wildman–Crippen LogP) is 6.88. The van der Waals surface area contributed by atoms with Crippen LogP contribution in [-0.4, -0.2) is 50.8 Å². The van der Waals surface area contributed by atoms with E-state index in [2.05, 4.69) is 4.98 Å². The van der Waals surface area contributed by atoms with E-state index < -0.39 is 42.6 Å². The molecular formula is C37H34N2O8. The highest BCUT2D eigenvalue weighted by Gasteiger charge is 2.33. The second kappa shape index (κ2) is 13.8. The molecule has 1 aliphatic rings. The Morgan fingerprint density at radius 1 is 0.894 bits per heavy atom. The van der Waals surface area contributed by atoms with Gasteiger partial charge in [0.1, 0.15) is 5.52 Å². The van der Waals surface area contributed by atoms with Crippen LogP contribution in [0.15, 0.2) is 95.4 Å². The molecule has 2 unspecified atom stereocenters. The van der Waals surface area contributed by atoms with E-state index in [9.17, 15) is 24.6 Å². The first kappa shape index (κ1) is 31.3. The van der Waals surface area contributed by atoms with E-state index in [1.165, 1.54) is 0 Å². The van der Waals surface area contributed by atoms with Crippen LogP contribution >= 0.6 is 0 Å². The van der Waals surface area contributed by atoms with Crippen LogP contribution in [0.4, 0.5) is 0 Å². The molecule has 1 aromatic heterocycles. The van der Waals surface area contributed by atoms with Crippen LogP contribution in [0.5, 0.6) is 11.5 Å². The van der Waals surface area contributed by atoms with Crippen LogP contribution in [0.1, 0.15) is 49.1 Å². The highest BCUT2D eigenvalue weighted by molar-refractivity contribution is 5.86.